The van der Waals surface area contributed by atoms with Gasteiger partial charge < -0.3 is 4.90 Å². The smallest absolute Gasteiger partial charge is 0.244 e. The van der Waals surface area contributed by atoms with E-state index in [2.05, 4.69) is 4.98 Å². The first kappa shape index (κ1) is 19.6. The van der Waals surface area contributed by atoms with Crippen molar-refractivity contribution in [3.05, 3.63) is 52.9 Å². The second-order valence-corrected chi connectivity index (χ2v) is 7.84. The molecule has 8 heteroatoms. The van der Waals surface area contributed by atoms with E-state index in [0.717, 1.165) is 0 Å². The van der Waals surface area contributed by atoms with E-state index in [-0.39, 0.29) is 17.3 Å². The molecule has 136 valence electrons. The normalized spacial score (nSPS) is 11.8. The highest BCUT2D eigenvalue weighted by Gasteiger charge is 2.22. The molecule has 0 fully saturated rings. The number of halogens is 2. The lowest BCUT2D eigenvalue weighted by Crippen LogP contribution is -2.30. The Morgan fingerprint density at radius 3 is 2.36 bits per heavy atom. The summed E-state index contributed by atoms with van der Waals surface area (Å²) in [7, 11) is -1.81. The Morgan fingerprint density at radius 2 is 1.84 bits per heavy atom. The lowest BCUT2D eigenvalue weighted by Gasteiger charge is -2.21. The third-order valence-corrected chi connectivity index (χ3v) is 6.30. The molecule has 2 aromatic rings. The Labute approximate surface area is 153 Å². The van der Waals surface area contributed by atoms with Crippen molar-refractivity contribution in [2.24, 2.45) is 0 Å². The summed E-state index contributed by atoms with van der Waals surface area (Å²) in [5.74, 6) is 0.137. The van der Waals surface area contributed by atoms with Crippen molar-refractivity contribution in [3.8, 4) is 0 Å². The van der Waals surface area contributed by atoms with Gasteiger partial charge in [0, 0.05) is 43.5 Å². The van der Waals surface area contributed by atoms with E-state index in [4.69, 9.17) is 11.6 Å². The molecule has 0 saturated heterocycles. The Balaban J connectivity index is 2.22. The molecule has 0 aliphatic carbocycles. The molecule has 0 unspecified atom stereocenters. The summed E-state index contributed by atoms with van der Waals surface area (Å²) in [6, 6.07) is 7.64. The molecule has 0 aliphatic heterocycles. The highest BCUT2D eigenvalue weighted by molar-refractivity contribution is 7.89. The van der Waals surface area contributed by atoms with E-state index in [1.807, 2.05) is 0 Å². The van der Waals surface area contributed by atoms with Gasteiger partial charge in [0.1, 0.15) is 16.5 Å². The molecule has 0 amide bonds. The van der Waals surface area contributed by atoms with Gasteiger partial charge in [-0.2, -0.15) is 4.31 Å². The fourth-order valence-electron chi connectivity index (χ4n) is 2.47. The molecular weight excluding hydrogens is 365 g/mol. The SMILES string of the molecule is CCN(CC)S(=O)(=O)c1ccc(N(C)Cc2c(F)cccc2Cl)nc1. The van der Waals surface area contributed by atoms with Crippen LogP contribution in [0.3, 0.4) is 0 Å². The van der Waals surface area contributed by atoms with Gasteiger partial charge in [0.2, 0.25) is 10.0 Å². The largest absolute Gasteiger partial charge is 0.355 e. The average Bonchev–Trinajstić information content (AvgIpc) is 2.59. The second kappa shape index (κ2) is 8.12. The van der Waals surface area contributed by atoms with E-state index < -0.39 is 10.0 Å². The van der Waals surface area contributed by atoms with Crippen LogP contribution in [0.4, 0.5) is 10.2 Å². The van der Waals surface area contributed by atoms with Crippen molar-refractivity contribution in [1.29, 1.82) is 0 Å². The molecule has 0 spiro atoms. The predicted octanol–water partition coefficient (Wildman–Crippen LogP) is 3.54. The number of hydrogen-bond acceptors (Lipinski definition) is 4. The summed E-state index contributed by atoms with van der Waals surface area (Å²) in [5.41, 5.74) is 0.369. The fourth-order valence-corrected chi connectivity index (χ4v) is 4.09. The molecule has 1 heterocycles. The summed E-state index contributed by atoms with van der Waals surface area (Å²) in [5, 5.41) is 0.340. The van der Waals surface area contributed by atoms with Crippen LogP contribution in [-0.4, -0.2) is 37.8 Å². The van der Waals surface area contributed by atoms with Gasteiger partial charge in [0.05, 0.1) is 0 Å². The van der Waals surface area contributed by atoms with Crippen LogP contribution in [0.15, 0.2) is 41.4 Å². The second-order valence-electron chi connectivity index (χ2n) is 5.50. The zero-order chi connectivity index (χ0) is 18.6. The van der Waals surface area contributed by atoms with Gasteiger partial charge in [-0.25, -0.2) is 17.8 Å². The molecule has 0 saturated carbocycles. The molecule has 1 aromatic carbocycles. The Morgan fingerprint density at radius 1 is 1.16 bits per heavy atom. The maximum atomic E-state index is 13.9. The lowest BCUT2D eigenvalue weighted by atomic mass is 10.2. The van der Waals surface area contributed by atoms with Crippen LogP contribution in [-0.2, 0) is 16.6 Å². The van der Waals surface area contributed by atoms with E-state index in [0.29, 0.717) is 29.5 Å². The quantitative estimate of drug-likeness (QED) is 0.731. The van der Waals surface area contributed by atoms with Crippen LogP contribution in [0.2, 0.25) is 5.02 Å². The van der Waals surface area contributed by atoms with E-state index >= 15 is 0 Å². The van der Waals surface area contributed by atoms with Gasteiger partial charge in [0.25, 0.3) is 0 Å². The number of benzene rings is 1. The van der Waals surface area contributed by atoms with Crippen LogP contribution < -0.4 is 4.90 Å². The molecule has 0 atom stereocenters. The first-order valence-corrected chi connectivity index (χ1v) is 9.73. The molecule has 0 N–H and O–H groups in total. The van der Waals surface area contributed by atoms with Crippen molar-refractivity contribution < 1.29 is 12.8 Å². The van der Waals surface area contributed by atoms with Crippen molar-refractivity contribution >= 4 is 27.4 Å². The van der Waals surface area contributed by atoms with Crippen LogP contribution in [0.25, 0.3) is 0 Å². The Kier molecular flexibility index (Phi) is 6.37. The number of pyridine rings is 1. The van der Waals surface area contributed by atoms with Crippen molar-refractivity contribution in [2.45, 2.75) is 25.3 Å². The van der Waals surface area contributed by atoms with E-state index in [1.165, 1.54) is 22.6 Å². The summed E-state index contributed by atoms with van der Waals surface area (Å²) in [6.07, 6.45) is 1.32. The van der Waals surface area contributed by atoms with Gasteiger partial charge in [-0.15, -0.1) is 0 Å². The monoisotopic (exact) mass is 385 g/mol. The van der Waals surface area contributed by atoms with E-state index in [9.17, 15) is 12.8 Å². The van der Waals surface area contributed by atoms with Crippen LogP contribution in [0.1, 0.15) is 19.4 Å². The van der Waals surface area contributed by atoms with Gasteiger partial charge >= 0.3 is 0 Å². The Hall–Kier alpha value is -1.70. The molecule has 2 rings (SSSR count). The zero-order valence-corrected chi connectivity index (χ0v) is 16.0. The van der Waals surface area contributed by atoms with Crippen LogP contribution >= 0.6 is 11.6 Å². The highest BCUT2D eigenvalue weighted by Crippen LogP contribution is 2.23. The topological polar surface area (TPSA) is 53.5 Å². The van der Waals surface area contributed by atoms with Gasteiger partial charge in [-0.3, -0.25) is 0 Å². The number of hydrogen-bond donors (Lipinski definition) is 0. The summed E-state index contributed by atoms with van der Waals surface area (Å²) >= 11 is 6.04. The molecule has 1 aromatic heterocycles. The average molecular weight is 386 g/mol. The standard InChI is InChI=1S/C17H21ClFN3O2S/c1-4-22(5-2)25(23,24)13-9-10-17(20-11-13)21(3)12-14-15(18)7-6-8-16(14)19/h6-11H,4-5,12H2,1-3H3. The maximum absolute atomic E-state index is 13.9. The van der Waals surface area contributed by atoms with Crippen molar-refractivity contribution in [1.82, 2.24) is 9.29 Å². The van der Waals surface area contributed by atoms with Gasteiger partial charge in [-0.05, 0) is 24.3 Å². The summed E-state index contributed by atoms with van der Waals surface area (Å²) in [4.78, 5) is 6.05. The third-order valence-electron chi connectivity index (χ3n) is 3.91. The number of rotatable bonds is 7. The molecule has 5 nitrogen and oxygen atoms in total. The van der Waals surface area contributed by atoms with Crippen molar-refractivity contribution in [2.75, 3.05) is 25.0 Å². The minimum atomic E-state index is -3.54. The first-order valence-electron chi connectivity index (χ1n) is 7.91. The van der Waals surface area contributed by atoms with Crippen LogP contribution in [0, 0.1) is 5.82 Å². The molecular formula is C17H21ClFN3O2S. The maximum Gasteiger partial charge on any atom is 0.244 e. The summed E-state index contributed by atoms with van der Waals surface area (Å²) < 4.78 is 40.2. The highest BCUT2D eigenvalue weighted by atomic mass is 35.5. The number of aromatic nitrogens is 1. The number of sulfonamides is 1. The molecule has 0 radical (unpaired) electrons. The van der Waals surface area contributed by atoms with Crippen LogP contribution in [0.5, 0.6) is 0 Å². The molecule has 25 heavy (non-hydrogen) atoms. The zero-order valence-electron chi connectivity index (χ0n) is 14.4. The van der Waals surface area contributed by atoms with Gasteiger partial charge in [-0.1, -0.05) is 31.5 Å². The minimum Gasteiger partial charge on any atom is -0.355 e. The van der Waals surface area contributed by atoms with E-state index in [1.54, 1.807) is 44.0 Å². The molecule has 0 aliphatic rings. The predicted molar refractivity (Wildman–Crippen MR) is 97.9 cm³/mol. The number of nitrogens with zero attached hydrogens (tertiary/aromatic N) is 3. The fraction of sp³-hybridized carbons (Fsp3) is 0.353. The first-order chi connectivity index (χ1) is 11.8. The Bertz CT molecular complexity index is 804. The minimum absolute atomic E-state index is 0.136. The van der Waals surface area contributed by atoms with Gasteiger partial charge in [0.15, 0.2) is 0 Å². The third kappa shape index (κ3) is 4.29. The molecule has 0 bridgehead atoms. The number of anilines is 1. The summed E-state index contributed by atoms with van der Waals surface area (Å²) in [6.45, 7) is 4.59. The van der Waals surface area contributed by atoms with Crippen molar-refractivity contribution in [3.63, 3.8) is 0 Å². The lowest BCUT2D eigenvalue weighted by molar-refractivity contribution is 0.445.